The fourth-order valence-electron chi connectivity index (χ4n) is 1.01. The number of rotatable bonds is 3. The molecule has 1 saturated heterocycles. The summed E-state index contributed by atoms with van der Waals surface area (Å²) < 4.78 is 34.8. The third kappa shape index (κ3) is 4.19. The van der Waals surface area contributed by atoms with Gasteiger partial charge in [0.15, 0.2) is 6.61 Å². The molecule has 1 rings (SSSR count). The van der Waals surface area contributed by atoms with Gasteiger partial charge in [-0.2, -0.15) is 24.9 Å². The molecule has 1 amide bonds. The van der Waals surface area contributed by atoms with Crippen LogP contribution < -0.4 is 5.48 Å². The summed E-state index contributed by atoms with van der Waals surface area (Å²) in [6.07, 6.45) is -3.70. The standard InChI is InChI=1S/C7H10F3NO2S/c8-7(9,10)4-13-11-6(12)5-1-2-14-3-5/h5H,1-4H2,(H,11,12). The minimum absolute atomic E-state index is 0.215. The van der Waals surface area contributed by atoms with E-state index in [1.807, 2.05) is 5.48 Å². The third-order valence-electron chi connectivity index (χ3n) is 1.71. The fourth-order valence-corrected chi connectivity index (χ4v) is 2.23. The summed E-state index contributed by atoms with van der Waals surface area (Å²) in [7, 11) is 0. The topological polar surface area (TPSA) is 38.3 Å². The van der Waals surface area contributed by atoms with Gasteiger partial charge >= 0.3 is 6.18 Å². The van der Waals surface area contributed by atoms with Gasteiger partial charge in [-0.1, -0.05) is 0 Å². The van der Waals surface area contributed by atoms with Gasteiger partial charge in [0, 0.05) is 11.7 Å². The summed E-state index contributed by atoms with van der Waals surface area (Å²) >= 11 is 1.61. The van der Waals surface area contributed by atoms with Crippen LogP contribution in [-0.2, 0) is 9.63 Å². The quantitative estimate of drug-likeness (QED) is 0.742. The molecule has 0 saturated carbocycles. The van der Waals surface area contributed by atoms with Gasteiger partial charge in [0.25, 0.3) is 0 Å². The van der Waals surface area contributed by atoms with Crippen molar-refractivity contribution >= 4 is 17.7 Å². The van der Waals surface area contributed by atoms with Gasteiger partial charge in [0.2, 0.25) is 5.91 Å². The first-order valence-electron chi connectivity index (χ1n) is 4.05. The second-order valence-electron chi connectivity index (χ2n) is 2.93. The zero-order valence-electron chi connectivity index (χ0n) is 7.26. The lowest BCUT2D eigenvalue weighted by molar-refractivity contribution is -0.192. The molecule has 1 fully saturated rings. The fraction of sp³-hybridized carbons (Fsp3) is 0.857. The molecule has 1 heterocycles. The van der Waals surface area contributed by atoms with Crippen molar-refractivity contribution in [3.63, 3.8) is 0 Å². The van der Waals surface area contributed by atoms with E-state index in [1.54, 1.807) is 11.8 Å². The van der Waals surface area contributed by atoms with Crippen LogP contribution in [-0.4, -0.2) is 30.2 Å². The molecule has 0 aromatic rings. The van der Waals surface area contributed by atoms with Crippen LogP contribution in [0.2, 0.25) is 0 Å². The van der Waals surface area contributed by atoms with Gasteiger partial charge in [-0.3, -0.25) is 9.63 Å². The van der Waals surface area contributed by atoms with Crippen LogP contribution >= 0.6 is 11.8 Å². The number of nitrogens with one attached hydrogen (secondary N) is 1. The van der Waals surface area contributed by atoms with Gasteiger partial charge in [0.05, 0.1) is 0 Å². The van der Waals surface area contributed by atoms with Crippen molar-refractivity contribution in [3.05, 3.63) is 0 Å². The van der Waals surface area contributed by atoms with E-state index < -0.39 is 18.7 Å². The van der Waals surface area contributed by atoms with Gasteiger partial charge in [-0.15, -0.1) is 0 Å². The molecule has 0 aliphatic carbocycles. The largest absolute Gasteiger partial charge is 0.414 e. The average molecular weight is 229 g/mol. The highest BCUT2D eigenvalue weighted by molar-refractivity contribution is 7.99. The Morgan fingerprint density at radius 3 is 2.79 bits per heavy atom. The maximum Gasteiger partial charge on any atom is 0.414 e. The number of carbonyl (C=O) groups excluding carboxylic acids is 1. The van der Waals surface area contributed by atoms with E-state index >= 15 is 0 Å². The van der Waals surface area contributed by atoms with Crippen LogP contribution in [0.1, 0.15) is 6.42 Å². The first kappa shape index (κ1) is 11.6. The Balaban J connectivity index is 2.15. The first-order chi connectivity index (χ1) is 6.49. The Morgan fingerprint density at radius 1 is 1.57 bits per heavy atom. The molecule has 82 valence electrons. The second-order valence-corrected chi connectivity index (χ2v) is 4.08. The molecule has 0 spiro atoms. The lowest BCUT2D eigenvalue weighted by Gasteiger charge is -2.10. The van der Waals surface area contributed by atoms with Gasteiger partial charge in [-0.25, -0.2) is 5.48 Å². The highest BCUT2D eigenvalue weighted by atomic mass is 32.2. The van der Waals surface area contributed by atoms with Crippen molar-refractivity contribution in [1.82, 2.24) is 5.48 Å². The van der Waals surface area contributed by atoms with Gasteiger partial charge in [-0.05, 0) is 12.2 Å². The minimum atomic E-state index is -4.41. The van der Waals surface area contributed by atoms with Crippen LogP contribution in [0.25, 0.3) is 0 Å². The monoisotopic (exact) mass is 229 g/mol. The average Bonchev–Trinajstić information content (AvgIpc) is 2.53. The normalized spacial score (nSPS) is 22.4. The van der Waals surface area contributed by atoms with Gasteiger partial charge in [0.1, 0.15) is 0 Å². The van der Waals surface area contributed by atoms with E-state index in [4.69, 9.17) is 0 Å². The molecule has 1 aliphatic rings. The number of alkyl halides is 3. The Morgan fingerprint density at radius 2 is 2.29 bits per heavy atom. The van der Waals surface area contributed by atoms with Gasteiger partial charge < -0.3 is 0 Å². The predicted octanol–water partition coefficient (Wildman–Crippen LogP) is 1.35. The molecule has 7 heteroatoms. The molecule has 1 aliphatic heterocycles. The lowest BCUT2D eigenvalue weighted by Crippen LogP contribution is -2.34. The molecular weight excluding hydrogens is 219 g/mol. The Kier molecular flexibility index (Phi) is 4.06. The lowest BCUT2D eigenvalue weighted by atomic mass is 10.1. The molecular formula is C7H10F3NO2S. The van der Waals surface area contributed by atoms with Crippen LogP contribution in [0, 0.1) is 5.92 Å². The van der Waals surface area contributed by atoms with Crippen molar-refractivity contribution in [2.75, 3.05) is 18.1 Å². The van der Waals surface area contributed by atoms with E-state index in [-0.39, 0.29) is 5.92 Å². The maximum atomic E-state index is 11.6. The Bertz CT molecular complexity index is 204. The zero-order chi connectivity index (χ0) is 10.6. The number of hydrogen-bond acceptors (Lipinski definition) is 3. The van der Waals surface area contributed by atoms with Crippen molar-refractivity contribution in [2.45, 2.75) is 12.6 Å². The van der Waals surface area contributed by atoms with Crippen LogP contribution in [0.5, 0.6) is 0 Å². The number of hydrogen-bond donors (Lipinski definition) is 1. The summed E-state index contributed by atoms with van der Waals surface area (Å²) in [5.41, 5.74) is 1.81. The van der Waals surface area contributed by atoms with Crippen molar-refractivity contribution in [2.24, 2.45) is 5.92 Å². The summed E-state index contributed by atoms with van der Waals surface area (Å²) in [5.74, 6) is 0.853. The molecule has 1 unspecified atom stereocenters. The smallest absolute Gasteiger partial charge is 0.272 e. The van der Waals surface area contributed by atoms with Crippen LogP contribution in [0.4, 0.5) is 13.2 Å². The second kappa shape index (κ2) is 4.88. The Labute approximate surface area is 83.3 Å². The highest BCUT2D eigenvalue weighted by Crippen LogP contribution is 2.23. The molecule has 14 heavy (non-hydrogen) atoms. The SMILES string of the molecule is O=C(NOCC(F)(F)F)C1CCSC1. The summed E-state index contributed by atoms with van der Waals surface area (Å²) in [4.78, 5) is 15.2. The first-order valence-corrected chi connectivity index (χ1v) is 5.20. The molecule has 0 aromatic heterocycles. The number of carbonyl (C=O) groups is 1. The number of thioether (sulfide) groups is 1. The van der Waals surface area contributed by atoms with Crippen molar-refractivity contribution in [3.8, 4) is 0 Å². The summed E-state index contributed by atoms with van der Waals surface area (Å²) in [6.45, 7) is -1.45. The van der Waals surface area contributed by atoms with Crippen LogP contribution in [0.3, 0.4) is 0 Å². The number of amides is 1. The van der Waals surface area contributed by atoms with Crippen molar-refractivity contribution in [1.29, 1.82) is 0 Å². The van der Waals surface area contributed by atoms with E-state index in [2.05, 4.69) is 4.84 Å². The summed E-state index contributed by atoms with van der Waals surface area (Å²) in [6, 6.07) is 0. The maximum absolute atomic E-state index is 11.6. The molecule has 0 radical (unpaired) electrons. The predicted molar refractivity (Wildman–Crippen MR) is 45.6 cm³/mol. The molecule has 0 aromatic carbocycles. The van der Waals surface area contributed by atoms with E-state index in [0.29, 0.717) is 12.2 Å². The molecule has 1 N–H and O–H groups in total. The third-order valence-corrected chi connectivity index (χ3v) is 2.87. The van der Waals surface area contributed by atoms with E-state index in [0.717, 1.165) is 5.75 Å². The molecule has 1 atom stereocenters. The number of halogens is 3. The zero-order valence-corrected chi connectivity index (χ0v) is 8.08. The molecule has 0 bridgehead atoms. The summed E-state index contributed by atoms with van der Waals surface area (Å²) in [5, 5.41) is 0. The minimum Gasteiger partial charge on any atom is -0.272 e. The number of hydroxylamine groups is 1. The van der Waals surface area contributed by atoms with E-state index in [9.17, 15) is 18.0 Å². The van der Waals surface area contributed by atoms with Crippen molar-refractivity contribution < 1.29 is 22.8 Å². The van der Waals surface area contributed by atoms with E-state index in [1.165, 1.54) is 0 Å². The highest BCUT2D eigenvalue weighted by Gasteiger charge is 2.29. The van der Waals surface area contributed by atoms with Crippen LogP contribution in [0.15, 0.2) is 0 Å². The molecule has 3 nitrogen and oxygen atoms in total. The Hall–Kier alpha value is -0.430.